The number of aliphatic hydroxyl groups is 1. The Bertz CT molecular complexity index is 623. The average Bonchev–Trinajstić information content (AvgIpc) is 2.59. The van der Waals surface area contributed by atoms with E-state index in [1.54, 1.807) is 7.05 Å². The monoisotopic (exact) mass is 298 g/mol. The first kappa shape index (κ1) is 16.2. The van der Waals surface area contributed by atoms with E-state index >= 15 is 0 Å². The highest BCUT2D eigenvalue weighted by Gasteiger charge is 2.06. The third-order valence-electron chi connectivity index (χ3n) is 3.69. The van der Waals surface area contributed by atoms with E-state index in [4.69, 9.17) is 0 Å². The molecule has 116 valence electrons. The largest absolute Gasteiger partial charge is 0.392 e. The van der Waals surface area contributed by atoms with Gasteiger partial charge in [0, 0.05) is 25.2 Å². The molecule has 0 bridgehead atoms. The van der Waals surface area contributed by atoms with Crippen LogP contribution in [0.2, 0.25) is 0 Å². The number of rotatable bonds is 6. The molecule has 0 aliphatic carbocycles. The lowest BCUT2D eigenvalue weighted by Gasteiger charge is -2.15. The molecule has 3 N–H and O–H groups in total. The molecule has 0 fully saturated rings. The van der Waals surface area contributed by atoms with Crippen LogP contribution >= 0.6 is 0 Å². The predicted octanol–water partition coefficient (Wildman–Crippen LogP) is 2.39. The minimum absolute atomic E-state index is 0.0571. The van der Waals surface area contributed by atoms with Gasteiger partial charge in [-0.1, -0.05) is 36.4 Å². The molecule has 4 heteroatoms. The molecule has 0 saturated heterocycles. The molecular weight excluding hydrogens is 276 g/mol. The molecule has 0 aromatic heterocycles. The fraction of sp³-hybridized carbons (Fsp3) is 0.278. The van der Waals surface area contributed by atoms with Gasteiger partial charge in [0.15, 0.2) is 0 Å². The molecule has 2 aromatic carbocycles. The molecule has 22 heavy (non-hydrogen) atoms. The number of aliphatic hydroxyl groups excluding tert-OH is 1. The molecule has 4 nitrogen and oxygen atoms in total. The number of hydrogen-bond acceptors (Lipinski definition) is 3. The number of hydrogen-bond donors (Lipinski definition) is 3. The summed E-state index contributed by atoms with van der Waals surface area (Å²) in [4.78, 5) is 11.5. The van der Waals surface area contributed by atoms with E-state index in [0.29, 0.717) is 5.56 Å². The van der Waals surface area contributed by atoms with Crippen molar-refractivity contribution in [3.63, 3.8) is 0 Å². The zero-order valence-corrected chi connectivity index (χ0v) is 13.0. The summed E-state index contributed by atoms with van der Waals surface area (Å²) in [7, 11) is 1.62. The van der Waals surface area contributed by atoms with Crippen LogP contribution in [0.5, 0.6) is 0 Å². The second kappa shape index (κ2) is 7.73. The zero-order valence-electron chi connectivity index (χ0n) is 13.0. The second-order valence-corrected chi connectivity index (χ2v) is 5.28. The molecule has 0 heterocycles. The van der Waals surface area contributed by atoms with E-state index in [1.165, 1.54) is 0 Å². The van der Waals surface area contributed by atoms with Crippen molar-refractivity contribution in [2.24, 2.45) is 0 Å². The summed E-state index contributed by atoms with van der Waals surface area (Å²) in [5.41, 5.74) is 3.85. The van der Waals surface area contributed by atoms with Crippen molar-refractivity contribution in [3.05, 3.63) is 70.8 Å². The molecule has 2 rings (SSSR count). The van der Waals surface area contributed by atoms with Crippen LogP contribution in [0.15, 0.2) is 48.5 Å². The van der Waals surface area contributed by atoms with Gasteiger partial charge in [0.2, 0.25) is 0 Å². The molecule has 0 radical (unpaired) electrons. The van der Waals surface area contributed by atoms with Crippen molar-refractivity contribution in [1.29, 1.82) is 0 Å². The molecule has 0 aliphatic rings. The summed E-state index contributed by atoms with van der Waals surface area (Å²) in [5.74, 6) is -0.0753. The Hall–Kier alpha value is -2.17. The second-order valence-electron chi connectivity index (χ2n) is 5.28. The summed E-state index contributed by atoms with van der Waals surface area (Å²) in [6, 6.07) is 15.7. The van der Waals surface area contributed by atoms with E-state index in [0.717, 1.165) is 23.2 Å². The maximum atomic E-state index is 11.5. The minimum atomic E-state index is -0.0753. The number of carbonyl (C=O) groups is 1. The van der Waals surface area contributed by atoms with Crippen LogP contribution in [-0.2, 0) is 13.2 Å². The summed E-state index contributed by atoms with van der Waals surface area (Å²) in [6.45, 7) is 2.87. The SMILES string of the molecule is CNC(=O)c1ccc(CNC(C)c2cccc(CO)c2)cc1. The van der Waals surface area contributed by atoms with Gasteiger partial charge in [0.1, 0.15) is 0 Å². The van der Waals surface area contributed by atoms with Crippen LogP contribution in [0.3, 0.4) is 0 Å². The van der Waals surface area contributed by atoms with E-state index in [9.17, 15) is 9.90 Å². The van der Waals surface area contributed by atoms with E-state index in [2.05, 4.69) is 17.6 Å². The van der Waals surface area contributed by atoms with Crippen molar-refractivity contribution in [2.45, 2.75) is 26.1 Å². The van der Waals surface area contributed by atoms with Crippen molar-refractivity contribution in [3.8, 4) is 0 Å². The lowest BCUT2D eigenvalue weighted by molar-refractivity contribution is 0.0963. The highest BCUT2D eigenvalue weighted by molar-refractivity contribution is 5.93. The van der Waals surface area contributed by atoms with Gasteiger partial charge in [-0.3, -0.25) is 4.79 Å². The van der Waals surface area contributed by atoms with Gasteiger partial charge in [-0.15, -0.1) is 0 Å². The van der Waals surface area contributed by atoms with Crippen molar-refractivity contribution in [2.75, 3.05) is 7.05 Å². The van der Waals surface area contributed by atoms with Gasteiger partial charge >= 0.3 is 0 Å². The maximum absolute atomic E-state index is 11.5. The number of nitrogens with one attached hydrogen (secondary N) is 2. The quantitative estimate of drug-likeness (QED) is 0.767. The van der Waals surface area contributed by atoms with Gasteiger partial charge in [0.25, 0.3) is 5.91 Å². The summed E-state index contributed by atoms with van der Waals surface area (Å²) in [6.07, 6.45) is 0. The number of benzene rings is 2. The van der Waals surface area contributed by atoms with Crippen LogP contribution in [0.25, 0.3) is 0 Å². The Labute approximate surface area is 131 Å². The van der Waals surface area contributed by atoms with E-state index in [-0.39, 0.29) is 18.6 Å². The lowest BCUT2D eigenvalue weighted by atomic mass is 10.0. The van der Waals surface area contributed by atoms with Crippen molar-refractivity contribution >= 4 is 5.91 Å². The lowest BCUT2D eigenvalue weighted by Crippen LogP contribution is -2.19. The zero-order chi connectivity index (χ0) is 15.9. The van der Waals surface area contributed by atoms with Crippen LogP contribution in [0, 0.1) is 0 Å². The number of carbonyl (C=O) groups excluding carboxylic acids is 1. The van der Waals surface area contributed by atoms with E-state index < -0.39 is 0 Å². The third-order valence-corrected chi connectivity index (χ3v) is 3.69. The van der Waals surface area contributed by atoms with Crippen molar-refractivity contribution in [1.82, 2.24) is 10.6 Å². The molecule has 1 unspecified atom stereocenters. The predicted molar refractivity (Wildman–Crippen MR) is 87.5 cm³/mol. The van der Waals surface area contributed by atoms with E-state index in [1.807, 2.05) is 48.5 Å². The Balaban J connectivity index is 1.95. The number of amides is 1. The first-order valence-electron chi connectivity index (χ1n) is 7.38. The smallest absolute Gasteiger partial charge is 0.251 e. The van der Waals surface area contributed by atoms with Gasteiger partial charge in [-0.2, -0.15) is 0 Å². The molecular formula is C18H22N2O2. The molecule has 0 spiro atoms. The molecule has 2 aromatic rings. The first-order chi connectivity index (χ1) is 10.6. The summed E-state index contributed by atoms with van der Waals surface area (Å²) in [5, 5.41) is 15.2. The molecule has 1 atom stereocenters. The van der Waals surface area contributed by atoms with Crippen LogP contribution < -0.4 is 10.6 Å². The van der Waals surface area contributed by atoms with Crippen molar-refractivity contribution < 1.29 is 9.90 Å². The Kier molecular flexibility index (Phi) is 5.69. The highest BCUT2D eigenvalue weighted by atomic mass is 16.3. The van der Waals surface area contributed by atoms with Gasteiger partial charge in [-0.05, 0) is 35.7 Å². The van der Waals surface area contributed by atoms with Gasteiger partial charge < -0.3 is 15.7 Å². The molecule has 1 amide bonds. The van der Waals surface area contributed by atoms with Crippen LogP contribution in [-0.4, -0.2) is 18.1 Å². The fourth-order valence-electron chi connectivity index (χ4n) is 2.27. The molecule has 0 aliphatic heterocycles. The van der Waals surface area contributed by atoms with Crippen LogP contribution in [0.4, 0.5) is 0 Å². The highest BCUT2D eigenvalue weighted by Crippen LogP contribution is 2.15. The van der Waals surface area contributed by atoms with Gasteiger partial charge in [-0.25, -0.2) is 0 Å². The summed E-state index contributed by atoms with van der Waals surface area (Å²) < 4.78 is 0. The van der Waals surface area contributed by atoms with Gasteiger partial charge in [0.05, 0.1) is 6.61 Å². The summed E-state index contributed by atoms with van der Waals surface area (Å²) >= 11 is 0. The Morgan fingerprint density at radius 2 is 1.86 bits per heavy atom. The maximum Gasteiger partial charge on any atom is 0.251 e. The molecule has 0 saturated carbocycles. The Morgan fingerprint density at radius 1 is 1.14 bits per heavy atom. The average molecular weight is 298 g/mol. The first-order valence-corrected chi connectivity index (χ1v) is 7.38. The Morgan fingerprint density at radius 3 is 2.50 bits per heavy atom. The van der Waals surface area contributed by atoms with Crippen LogP contribution in [0.1, 0.15) is 40.0 Å². The topological polar surface area (TPSA) is 61.4 Å². The standard InChI is InChI=1S/C18H22N2O2/c1-13(17-5-3-4-15(10-17)12-21)20-11-14-6-8-16(9-7-14)18(22)19-2/h3-10,13,20-21H,11-12H2,1-2H3,(H,19,22). The minimum Gasteiger partial charge on any atom is -0.392 e. The normalized spacial score (nSPS) is 12.0. The third kappa shape index (κ3) is 4.16. The fourth-order valence-corrected chi connectivity index (χ4v) is 2.27.